The lowest BCUT2D eigenvalue weighted by Crippen LogP contribution is -2.41. The van der Waals surface area contributed by atoms with Gasteiger partial charge in [0, 0.05) is 6.54 Å². The summed E-state index contributed by atoms with van der Waals surface area (Å²) < 4.78 is 32.8. The van der Waals surface area contributed by atoms with E-state index in [1.807, 2.05) is 61.5 Å². The lowest BCUT2D eigenvalue weighted by molar-refractivity contribution is -0.122. The molecule has 0 saturated heterocycles. The largest absolute Gasteiger partial charge is 0.497 e. The molecular formula is C24H26N2O4S. The molecule has 0 saturated carbocycles. The van der Waals surface area contributed by atoms with E-state index in [-0.39, 0.29) is 29.9 Å². The lowest BCUT2D eigenvalue weighted by atomic mass is 10.1. The van der Waals surface area contributed by atoms with E-state index in [1.165, 1.54) is 16.4 Å². The second-order valence-electron chi connectivity index (χ2n) is 7.13. The van der Waals surface area contributed by atoms with Gasteiger partial charge in [0.15, 0.2) is 0 Å². The molecule has 1 N–H and O–H groups in total. The Balaban J connectivity index is 1.78. The maximum Gasteiger partial charge on any atom is 0.243 e. The maximum absolute atomic E-state index is 13.2. The van der Waals surface area contributed by atoms with Gasteiger partial charge < -0.3 is 10.1 Å². The van der Waals surface area contributed by atoms with Gasteiger partial charge in [-0.15, -0.1) is 0 Å². The Morgan fingerprint density at radius 1 is 0.935 bits per heavy atom. The Bertz CT molecular complexity index is 1090. The number of sulfonamides is 1. The van der Waals surface area contributed by atoms with E-state index in [0.29, 0.717) is 0 Å². The lowest BCUT2D eigenvalue weighted by Gasteiger charge is -2.23. The summed E-state index contributed by atoms with van der Waals surface area (Å²) >= 11 is 0. The first-order valence-corrected chi connectivity index (χ1v) is 11.4. The minimum absolute atomic E-state index is 0.0996. The molecule has 0 aliphatic rings. The number of benzene rings is 3. The summed E-state index contributed by atoms with van der Waals surface area (Å²) in [7, 11) is -2.26. The van der Waals surface area contributed by atoms with Crippen LogP contribution < -0.4 is 10.1 Å². The number of carbonyl (C=O) groups is 1. The zero-order valence-corrected chi connectivity index (χ0v) is 18.4. The molecule has 3 rings (SSSR count). The van der Waals surface area contributed by atoms with Crippen LogP contribution in [-0.4, -0.2) is 32.3 Å². The first-order chi connectivity index (χ1) is 14.9. The quantitative estimate of drug-likeness (QED) is 0.552. The molecule has 0 fully saturated rings. The molecule has 1 atom stereocenters. The van der Waals surface area contributed by atoms with Crippen LogP contribution in [0.1, 0.15) is 24.1 Å². The molecule has 0 bridgehead atoms. The second kappa shape index (κ2) is 10.2. The standard InChI is InChI=1S/C24H26N2O4S/c1-19(21-13-15-22(30-2)16-14-21)25-24(27)18-26(17-20-9-5-3-6-10-20)31(28,29)23-11-7-4-8-12-23/h3-16,19H,17-18H2,1-2H3,(H,25,27). The third-order valence-corrected chi connectivity index (χ3v) is 6.70. The van der Waals surface area contributed by atoms with Gasteiger partial charge in [0.2, 0.25) is 15.9 Å². The van der Waals surface area contributed by atoms with Crippen molar-refractivity contribution in [3.05, 3.63) is 96.1 Å². The monoisotopic (exact) mass is 438 g/mol. The number of hydrogen-bond acceptors (Lipinski definition) is 4. The first kappa shape index (κ1) is 22.5. The molecule has 3 aromatic carbocycles. The Morgan fingerprint density at radius 2 is 1.52 bits per heavy atom. The first-order valence-electron chi connectivity index (χ1n) is 9.92. The molecule has 0 aliphatic carbocycles. The highest BCUT2D eigenvalue weighted by Crippen LogP contribution is 2.20. The highest BCUT2D eigenvalue weighted by molar-refractivity contribution is 7.89. The molecule has 0 radical (unpaired) electrons. The predicted molar refractivity (Wildman–Crippen MR) is 120 cm³/mol. The highest BCUT2D eigenvalue weighted by atomic mass is 32.2. The average molecular weight is 439 g/mol. The van der Waals surface area contributed by atoms with Crippen molar-refractivity contribution in [2.75, 3.05) is 13.7 Å². The molecule has 7 heteroatoms. The van der Waals surface area contributed by atoms with Gasteiger partial charge in [-0.25, -0.2) is 8.42 Å². The van der Waals surface area contributed by atoms with Crippen LogP contribution in [-0.2, 0) is 21.4 Å². The summed E-state index contributed by atoms with van der Waals surface area (Å²) in [6.07, 6.45) is 0. The number of ether oxygens (including phenoxy) is 1. The van der Waals surface area contributed by atoms with Crippen LogP contribution in [0.15, 0.2) is 89.8 Å². The number of hydrogen-bond donors (Lipinski definition) is 1. The molecule has 6 nitrogen and oxygen atoms in total. The number of methoxy groups -OCH3 is 1. The van der Waals surface area contributed by atoms with Crippen LogP contribution in [0.2, 0.25) is 0 Å². The minimum Gasteiger partial charge on any atom is -0.497 e. The van der Waals surface area contributed by atoms with Crippen molar-refractivity contribution < 1.29 is 17.9 Å². The summed E-state index contributed by atoms with van der Waals surface area (Å²) in [4.78, 5) is 12.9. The number of rotatable bonds is 9. The van der Waals surface area contributed by atoms with Crippen molar-refractivity contribution in [3.63, 3.8) is 0 Å². The molecule has 0 aromatic heterocycles. The summed E-state index contributed by atoms with van der Waals surface area (Å²) in [5.74, 6) is 0.351. The Morgan fingerprint density at radius 3 is 2.10 bits per heavy atom. The predicted octanol–water partition coefficient (Wildman–Crippen LogP) is 3.76. The summed E-state index contributed by atoms with van der Waals surface area (Å²) in [6, 6.07) is 24.5. The van der Waals surface area contributed by atoms with Crippen LogP contribution in [0.4, 0.5) is 0 Å². The number of amides is 1. The number of carbonyl (C=O) groups excluding carboxylic acids is 1. The number of nitrogens with one attached hydrogen (secondary N) is 1. The molecule has 162 valence electrons. The van der Waals surface area contributed by atoms with Crippen LogP contribution >= 0.6 is 0 Å². The Labute approximate surface area is 183 Å². The van der Waals surface area contributed by atoms with Crippen molar-refractivity contribution in [1.82, 2.24) is 9.62 Å². The van der Waals surface area contributed by atoms with Gasteiger partial charge in [0.05, 0.1) is 24.6 Å². The fraction of sp³-hybridized carbons (Fsp3) is 0.208. The molecule has 0 spiro atoms. The van der Waals surface area contributed by atoms with Gasteiger partial charge in [0.1, 0.15) is 5.75 Å². The molecule has 1 amide bonds. The molecule has 31 heavy (non-hydrogen) atoms. The third-order valence-electron chi connectivity index (χ3n) is 4.90. The van der Waals surface area contributed by atoms with Crippen LogP contribution in [0, 0.1) is 0 Å². The Hall–Kier alpha value is -3.16. The van der Waals surface area contributed by atoms with Gasteiger partial charge in [-0.2, -0.15) is 4.31 Å². The fourth-order valence-electron chi connectivity index (χ4n) is 3.18. The van der Waals surface area contributed by atoms with Gasteiger partial charge >= 0.3 is 0 Å². The zero-order valence-electron chi connectivity index (χ0n) is 17.6. The van der Waals surface area contributed by atoms with E-state index in [1.54, 1.807) is 25.3 Å². The smallest absolute Gasteiger partial charge is 0.243 e. The summed E-state index contributed by atoms with van der Waals surface area (Å²) in [5.41, 5.74) is 1.70. The molecular weight excluding hydrogens is 412 g/mol. The van der Waals surface area contributed by atoms with Crippen molar-refractivity contribution in [2.24, 2.45) is 0 Å². The Kier molecular flexibility index (Phi) is 7.44. The van der Waals surface area contributed by atoms with Gasteiger partial charge in [-0.3, -0.25) is 4.79 Å². The normalized spacial score (nSPS) is 12.4. The molecule has 0 heterocycles. The van der Waals surface area contributed by atoms with Crippen molar-refractivity contribution in [2.45, 2.75) is 24.4 Å². The number of nitrogens with zero attached hydrogens (tertiary/aromatic N) is 1. The fourth-order valence-corrected chi connectivity index (χ4v) is 4.58. The highest BCUT2D eigenvalue weighted by Gasteiger charge is 2.27. The van der Waals surface area contributed by atoms with Crippen LogP contribution in [0.5, 0.6) is 5.75 Å². The van der Waals surface area contributed by atoms with Crippen LogP contribution in [0.25, 0.3) is 0 Å². The minimum atomic E-state index is -3.85. The van der Waals surface area contributed by atoms with Crippen molar-refractivity contribution in [3.8, 4) is 5.75 Å². The van der Waals surface area contributed by atoms with Crippen LogP contribution in [0.3, 0.4) is 0 Å². The molecule has 1 unspecified atom stereocenters. The van der Waals surface area contributed by atoms with E-state index >= 15 is 0 Å². The zero-order chi connectivity index (χ0) is 22.3. The third kappa shape index (κ3) is 5.93. The SMILES string of the molecule is COc1ccc(C(C)NC(=O)CN(Cc2ccccc2)S(=O)(=O)c2ccccc2)cc1. The van der Waals surface area contributed by atoms with Gasteiger partial charge in [-0.05, 0) is 42.3 Å². The van der Waals surface area contributed by atoms with Crippen molar-refractivity contribution >= 4 is 15.9 Å². The average Bonchev–Trinajstić information content (AvgIpc) is 2.80. The maximum atomic E-state index is 13.2. The van der Waals surface area contributed by atoms with E-state index in [0.717, 1.165) is 16.9 Å². The van der Waals surface area contributed by atoms with E-state index in [4.69, 9.17) is 4.74 Å². The second-order valence-corrected chi connectivity index (χ2v) is 9.07. The topological polar surface area (TPSA) is 75.7 Å². The van der Waals surface area contributed by atoms with E-state index in [9.17, 15) is 13.2 Å². The van der Waals surface area contributed by atoms with E-state index in [2.05, 4.69) is 5.32 Å². The molecule has 3 aromatic rings. The summed E-state index contributed by atoms with van der Waals surface area (Å²) in [6.45, 7) is 1.67. The molecule has 0 aliphatic heterocycles. The van der Waals surface area contributed by atoms with Crippen molar-refractivity contribution in [1.29, 1.82) is 0 Å². The van der Waals surface area contributed by atoms with Gasteiger partial charge in [-0.1, -0.05) is 60.7 Å². The van der Waals surface area contributed by atoms with E-state index < -0.39 is 10.0 Å². The van der Waals surface area contributed by atoms with Gasteiger partial charge in [0.25, 0.3) is 0 Å². The summed E-state index contributed by atoms with van der Waals surface area (Å²) in [5, 5.41) is 2.89.